The van der Waals surface area contributed by atoms with E-state index in [1.54, 1.807) is 6.92 Å². The van der Waals surface area contributed by atoms with Crippen molar-refractivity contribution in [2.75, 3.05) is 5.75 Å². The Morgan fingerprint density at radius 3 is 2.06 bits per heavy atom. The molecular weight excluding hydrogens is 236 g/mol. The van der Waals surface area contributed by atoms with E-state index in [-0.39, 0.29) is 16.3 Å². The molecule has 0 spiro atoms. The predicted molar refractivity (Wildman–Crippen MR) is 72.4 cm³/mol. The largest absolute Gasteiger partial charge is 0.392 e. The molecule has 1 N–H and O–H groups in total. The van der Waals surface area contributed by atoms with Crippen molar-refractivity contribution in [3.05, 3.63) is 0 Å². The molecular formula is C13H26O3S. The fourth-order valence-electron chi connectivity index (χ4n) is 1.38. The summed E-state index contributed by atoms with van der Waals surface area (Å²) in [5, 5.41) is 9.85. The van der Waals surface area contributed by atoms with E-state index >= 15 is 0 Å². The summed E-state index contributed by atoms with van der Waals surface area (Å²) in [6.45, 7) is 11.3. The quantitative estimate of drug-likeness (QED) is 0.798. The number of carbonyl (C=O) groups is 1. The Morgan fingerprint density at radius 2 is 1.71 bits per heavy atom. The molecule has 102 valence electrons. The summed E-state index contributed by atoms with van der Waals surface area (Å²) >= 11 is 0. The second kappa shape index (κ2) is 6.64. The number of Topliss-reactive ketones (excluding diaryl/α,β-unsaturated/α-hetero) is 1. The summed E-state index contributed by atoms with van der Waals surface area (Å²) in [6.07, 6.45) is -0.0193. The van der Waals surface area contributed by atoms with Gasteiger partial charge in [0.2, 0.25) is 0 Å². The maximum absolute atomic E-state index is 11.9. The van der Waals surface area contributed by atoms with Crippen LogP contribution in [0.2, 0.25) is 0 Å². The molecule has 0 saturated heterocycles. The highest BCUT2D eigenvalue weighted by Crippen LogP contribution is 2.17. The first kappa shape index (κ1) is 16.8. The molecule has 0 aromatic rings. The highest BCUT2D eigenvalue weighted by Gasteiger charge is 2.28. The van der Waals surface area contributed by atoms with Crippen molar-refractivity contribution >= 4 is 16.6 Å². The number of aliphatic hydroxyl groups is 1. The molecule has 0 fully saturated rings. The van der Waals surface area contributed by atoms with Gasteiger partial charge in [-0.3, -0.25) is 9.00 Å². The number of aliphatic hydroxyl groups excluding tert-OH is 1. The molecule has 0 unspecified atom stereocenters. The Kier molecular flexibility index (Phi) is 6.56. The van der Waals surface area contributed by atoms with Gasteiger partial charge in [0, 0.05) is 21.5 Å². The van der Waals surface area contributed by atoms with Crippen molar-refractivity contribution in [1.29, 1.82) is 0 Å². The van der Waals surface area contributed by atoms with E-state index in [1.807, 2.05) is 34.6 Å². The maximum atomic E-state index is 11.9. The molecule has 3 atom stereocenters. The lowest BCUT2D eigenvalue weighted by Gasteiger charge is -2.22. The first-order chi connectivity index (χ1) is 7.55. The van der Waals surface area contributed by atoms with Crippen LogP contribution in [0.4, 0.5) is 0 Å². The van der Waals surface area contributed by atoms with E-state index in [4.69, 9.17) is 0 Å². The fourth-order valence-corrected chi connectivity index (χ4v) is 2.33. The summed E-state index contributed by atoms with van der Waals surface area (Å²) in [6, 6.07) is 0. The predicted octanol–water partition coefficient (Wildman–Crippen LogP) is 2.15. The van der Waals surface area contributed by atoms with Gasteiger partial charge in [-0.25, -0.2) is 0 Å². The van der Waals surface area contributed by atoms with Crippen LogP contribution in [0.1, 0.15) is 48.0 Å². The first-order valence-electron chi connectivity index (χ1n) is 6.15. The van der Waals surface area contributed by atoms with Crippen LogP contribution in [-0.2, 0) is 15.6 Å². The zero-order chi connectivity index (χ0) is 13.8. The number of hydrogen-bond acceptors (Lipinski definition) is 3. The Morgan fingerprint density at radius 1 is 1.24 bits per heavy atom. The number of ketones is 1. The molecule has 0 aliphatic heterocycles. The molecule has 0 rings (SSSR count). The van der Waals surface area contributed by atoms with Gasteiger partial charge < -0.3 is 5.11 Å². The molecule has 0 aliphatic carbocycles. The van der Waals surface area contributed by atoms with E-state index in [9.17, 15) is 14.1 Å². The minimum atomic E-state index is -1.18. The van der Waals surface area contributed by atoms with Crippen molar-refractivity contribution in [3.63, 3.8) is 0 Å². The third-order valence-electron chi connectivity index (χ3n) is 2.75. The molecule has 4 heteroatoms. The van der Waals surface area contributed by atoms with E-state index in [0.29, 0.717) is 12.3 Å². The number of rotatable bonds is 6. The van der Waals surface area contributed by atoms with Gasteiger partial charge in [0.25, 0.3) is 0 Å². The summed E-state index contributed by atoms with van der Waals surface area (Å²) < 4.78 is 11.5. The molecule has 0 radical (unpaired) electrons. The average Bonchev–Trinajstić information content (AvgIpc) is 2.13. The highest BCUT2D eigenvalue weighted by molar-refractivity contribution is 7.87. The van der Waals surface area contributed by atoms with Gasteiger partial charge in [-0.15, -0.1) is 0 Å². The summed E-state index contributed by atoms with van der Waals surface area (Å²) in [5.74, 6) is -0.136. The van der Waals surface area contributed by atoms with E-state index in [1.165, 1.54) is 0 Å². The van der Waals surface area contributed by atoms with Crippen LogP contribution in [0.5, 0.6) is 0 Å². The van der Waals surface area contributed by atoms with Crippen LogP contribution >= 0.6 is 0 Å². The molecule has 0 heterocycles. The van der Waals surface area contributed by atoms with E-state index in [0.717, 1.165) is 0 Å². The van der Waals surface area contributed by atoms with Crippen LogP contribution in [0.3, 0.4) is 0 Å². The standard InChI is InChI=1S/C13H26O3S/c1-9(2)7-11(14)10(3)12(15)8-17(16)13(4,5)6/h9-11,14H,7-8H2,1-6H3/t10-,11+,17-/m1/s1. The monoisotopic (exact) mass is 262 g/mol. The van der Waals surface area contributed by atoms with Crippen LogP contribution in [0.15, 0.2) is 0 Å². The van der Waals surface area contributed by atoms with Crippen molar-refractivity contribution in [2.24, 2.45) is 11.8 Å². The zero-order valence-electron chi connectivity index (χ0n) is 11.8. The van der Waals surface area contributed by atoms with Gasteiger partial charge >= 0.3 is 0 Å². The topological polar surface area (TPSA) is 54.4 Å². The average molecular weight is 262 g/mol. The molecule has 0 aliphatic rings. The second-order valence-corrected chi connectivity index (χ2v) is 8.26. The fraction of sp³-hybridized carbons (Fsp3) is 0.923. The molecule has 0 saturated carbocycles. The van der Waals surface area contributed by atoms with Crippen LogP contribution in [0.25, 0.3) is 0 Å². The van der Waals surface area contributed by atoms with Crippen LogP contribution in [-0.4, -0.2) is 31.7 Å². The Labute approximate surface area is 107 Å². The van der Waals surface area contributed by atoms with Crippen molar-refractivity contribution in [1.82, 2.24) is 0 Å². The summed E-state index contributed by atoms with van der Waals surface area (Å²) in [7, 11) is -1.18. The number of hydrogen-bond donors (Lipinski definition) is 1. The summed E-state index contributed by atoms with van der Waals surface area (Å²) in [5.41, 5.74) is 0. The molecule has 0 aromatic carbocycles. The lowest BCUT2D eigenvalue weighted by Crippen LogP contribution is -2.34. The van der Waals surface area contributed by atoms with Crippen molar-refractivity contribution in [3.8, 4) is 0 Å². The maximum Gasteiger partial charge on any atom is 0.150 e. The molecule has 0 bridgehead atoms. The smallest absolute Gasteiger partial charge is 0.150 e. The van der Waals surface area contributed by atoms with Crippen molar-refractivity contribution in [2.45, 2.75) is 58.8 Å². The Balaban J connectivity index is 4.37. The van der Waals surface area contributed by atoms with E-state index < -0.39 is 22.8 Å². The van der Waals surface area contributed by atoms with Gasteiger partial charge in [-0.1, -0.05) is 20.8 Å². The lowest BCUT2D eigenvalue weighted by atomic mass is 9.93. The SMILES string of the molecule is CC(C)C[C@H](O)[C@@H](C)C(=O)C[S@@](=O)C(C)(C)C. The third kappa shape index (κ3) is 6.32. The van der Waals surface area contributed by atoms with E-state index in [2.05, 4.69) is 0 Å². The molecule has 17 heavy (non-hydrogen) atoms. The minimum absolute atomic E-state index is 0.0415. The second-order valence-electron chi connectivity index (χ2n) is 6.05. The van der Waals surface area contributed by atoms with Gasteiger partial charge in [-0.2, -0.15) is 0 Å². The Bertz CT molecular complexity index is 279. The summed E-state index contributed by atoms with van der Waals surface area (Å²) in [4.78, 5) is 11.9. The third-order valence-corrected chi connectivity index (χ3v) is 4.67. The Hall–Kier alpha value is -0.220. The van der Waals surface area contributed by atoms with Gasteiger partial charge in [0.15, 0.2) is 5.78 Å². The van der Waals surface area contributed by atoms with Gasteiger partial charge in [0.05, 0.1) is 11.9 Å². The lowest BCUT2D eigenvalue weighted by molar-refractivity contribution is -0.123. The van der Waals surface area contributed by atoms with Crippen molar-refractivity contribution < 1.29 is 14.1 Å². The number of carbonyl (C=O) groups excluding carboxylic acids is 1. The van der Waals surface area contributed by atoms with Crippen LogP contribution in [0, 0.1) is 11.8 Å². The first-order valence-corrected chi connectivity index (χ1v) is 7.46. The van der Waals surface area contributed by atoms with Crippen LogP contribution < -0.4 is 0 Å². The molecule has 0 aromatic heterocycles. The minimum Gasteiger partial charge on any atom is -0.392 e. The molecule has 3 nitrogen and oxygen atoms in total. The molecule has 0 amide bonds. The normalized spacial score (nSPS) is 17.9. The zero-order valence-corrected chi connectivity index (χ0v) is 12.6. The highest BCUT2D eigenvalue weighted by atomic mass is 32.2. The van der Waals surface area contributed by atoms with Gasteiger partial charge in [-0.05, 0) is 33.1 Å². The van der Waals surface area contributed by atoms with Gasteiger partial charge in [0.1, 0.15) is 0 Å².